The second-order valence-corrected chi connectivity index (χ2v) is 4.17. The van der Waals surface area contributed by atoms with E-state index in [1.807, 2.05) is 0 Å². The van der Waals surface area contributed by atoms with Crippen LogP contribution in [0.25, 0.3) is 5.69 Å². The Balaban J connectivity index is 2.42. The Labute approximate surface area is 108 Å². The highest BCUT2D eigenvalue weighted by Crippen LogP contribution is 2.20. The summed E-state index contributed by atoms with van der Waals surface area (Å²) in [5.74, 6) is -0.655. The maximum Gasteiger partial charge on any atom is 0.251 e. The van der Waals surface area contributed by atoms with E-state index in [1.54, 1.807) is 18.2 Å². The summed E-state index contributed by atoms with van der Waals surface area (Å²) in [6, 6.07) is 4.92. The minimum absolute atomic E-state index is 0.107. The fourth-order valence-corrected chi connectivity index (χ4v) is 1.83. The topological polar surface area (TPSA) is 78.0 Å². The monoisotopic (exact) mass is 263 g/mol. The van der Waals surface area contributed by atoms with Gasteiger partial charge in [-0.2, -0.15) is 5.10 Å². The quantitative estimate of drug-likeness (QED) is 0.858. The number of carbonyl (C=O) groups is 2. The van der Waals surface area contributed by atoms with Crippen molar-refractivity contribution in [2.45, 2.75) is 6.92 Å². The second-order valence-electron chi connectivity index (χ2n) is 3.76. The smallest absolute Gasteiger partial charge is 0.251 e. The third-order valence-electron chi connectivity index (χ3n) is 2.46. The molecule has 5 nitrogen and oxygen atoms in total. The predicted molar refractivity (Wildman–Crippen MR) is 67.1 cm³/mol. The zero-order valence-electron chi connectivity index (χ0n) is 9.55. The van der Waals surface area contributed by atoms with Gasteiger partial charge in [0.05, 0.1) is 22.5 Å². The first-order valence-electron chi connectivity index (χ1n) is 5.14. The fraction of sp³-hybridized carbons (Fsp3) is 0.0833. The molecule has 1 heterocycles. The van der Waals surface area contributed by atoms with Gasteiger partial charge in [0.15, 0.2) is 5.78 Å². The average molecular weight is 264 g/mol. The maximum absolute atomic E-state index is 11.2. The number of rotatable bonds is 3. The summed E-state index contributed by atoms with van der Waals surface area (Å²) in [7, 11) is 0. The van der Waals surface area contributed by atoms with Crippen LogP contribution in [0.3, 0.4) is 0 Å². The molecular formula is C12H10ClN3O2. The van der Waals surface area contributed by atoms with E-state index < -0.39 is 5.91 Å². The van der Waals surface area contributed by atoms with Gasteiger partial charge in [-0.1, -0.05) is 11.6 Å². The van der Waals surface area contributed by atoms with Gasteiger partial charge in [0.1, 0.15) is 0 Å². The molecule has 0 saturated heterocycles. The molecule has 1 amide bonds. The normalized spacial score (nSPS) is 10.3. The lowest BCUT2D eigenvalue weighted by Crippen LogP contribution is -2.09. The number of amides is 1. The lowest BCUT2D eigenvalue weighted by atomic mass is 10.1. The number of nitrogens with two attached hydrogens (primary N) is 1. The van der Waals surface area contributed by atoms with Crippen LogP contribution in [0, 0.1) is 0 Å². The van der Waals surface area contributed by atoms with E-state index in [4.69, 9.17) is 17.3 Å². The molecule has 0 radical (unpaired) electrons. The number of nitrogens with zero attached hydrogens (tertiary/aromatic N) is 2. The summed E-state index contributed by atoms with van der Waals surface area (Å²) in [6.07, 6.45) is 2.87. The first-order valence-corrected chi connectivity index (χ1v) is 5.52. The van der Waals surface area contributed by atoms with Crippen molar-refractivity contribution in [2.75, 3.05) is 0 Å². The second kappa shape index (κ2) is 4.62. The van der Waals surface area contributed by atoms with Crippen LogP contribution in [0.1, 0.15) is 27.6 Å². The number of halogens is 1. The third kappa shape index (κ3) is 2.26. The van der Waals surface area contributed by atoms with Gasteiger partial charge in [-0.25, -0.2) is 4.68 Å². The molecule has 6 heteroatoms. The number of ketones is 1. The molecule has 1 aromatic carbocycles. The first-order chi connectivity index (χ1) is 8.49. The molecule has 0 bridgehead atoms. The average Bonchev–Trinajstić information content (AvgIpc) is 2.77. The van der Waals surface area contributed by atoms with Crippen molar-refractivity contribution in [1.29, 1.82) is 0 Å². The van der Waals surface area contributed by atoms with Crippen LogP contribution in [0.15, 0.2) is 30.6 Å². The highest BCUT2D eigenvalue weighted by Gasteiger charge is 2.09. The van der Waals surface area contributed by atoms with Crippen LogP contribution >= 0.6 is 11.6 Å². The molecule has 0 aliphatic heterocycles. The first kappa shape index (κ1) is 12.3. The fourth-order valence-electron chi connectivity index (χ4n) is 1.52. The molecule has 2 N–H and O–H groups in total. The van der Waals surface area contributed by atoms with E-state index >= 15 is 0 Å². The summed E-state index contributed by atoms with van der Waals surface area (Å²) in [4.78, 5) is 22.2. The Morgan fingerprint density at radius 3 is 2.61 bits per heavy atom. The van der Waals surface area contributed by atoms with E-state index in [-0.39, 0.29) is 5.78 Å². The number of Topliss-reactive ketones (excluding diaryl/α,β-unsaturated/α-hetero) is 1. The number of carbonyl (C=O) groups excluding carboxylic acids is 2. The molecule has 0 aliphatic rings. The van der Waals surface area contributed by atoms with Gasteiger partial charge in [0, 0.05) is 11.8 Å². The predicted octanol–water partition coefficient (Wildman–Crippen LogP) is 1.83. The van der Waals surface area contributed by atoms with Crippen LogP contribution in [-0.2, 0) is 0 Å². The summed E-state index contributed by atoms with van der Waals surface area (Å²) >= 11 is 5.99. The molecule has 0 aliphatic carbocycles. The number of hydrogen-bond donors (Lipinski definition) is 1. The number of hydrogen-bond acceptors (Lipinski definition) is 3. The molecule has 18 heavy (non-hydrogen) atoms. The van der Waals surface area contributed by atoms with Crippen molar-refractivity contribution in [3.05, 3.63) is 46.7 Å². The third-order valence-corrected chi connectivity index (χ3v) is 2.78. The molecule has 1 aromatic heterocycles. The summed E-state index contributed by atoms with van der Waals surface area (Å²) in [6.45, 7) is 1.44. The largest absolute Gasteiger partial charge is 0.366 e. The van der Waals surface area contributed by atoms with Crippen LogP contribution in [0.4, 0.5) is 0 Å². The Morgan fingerprint density at radius 1 is 1.39 bits per heavy atom. The molecule has 0 atom stereocenters. The minimum atomic E-state index is -0.548. The molecule has 0 spiro atoms. The van der Waals surface area contributed by atoms with Gasteiger partial charge >= 0.3 is 0 Å². The van der Waals surface area contributed by atoms with Crippen LogP contribution in [-0.4, -0.2) is 21.5 Å². The van der Waals surface area contributed by atoms with E-state index in [0.29, 0.717) is 21.8 Å². The van der Waals surface area contributed by atoms with Gasteiger partial charge in [0.25, 0.3) is 5.91 Å². The zero-order chi connectivity index (χ0) is 13.3. The van der Waals surface area contributed by atoms with Crippen molar-refractivity contribution in [2.24, 2.45) is 5.73 Å². The van der Waals surface area contributed by atoms with Gasteiger partial charge in [-0.05, 0) is 25.1 Å². The Morgan fingerprint density at radius 2 is 2.11 bits per heavy atom. The lowest BCUT2D eigenvalue weighted by molar-refractivity contribution is 0.0996. The zero-order valence-corrected chi connectivity index (χ0v) is 10.3. The molecular weight excluding hydrogens is 254 g/mol. The van der Waals surface area contributed by atoms with E-state index in [0.717, 1.165) is 0 Å². The number of benzene rings is 1. The van der Waals surface area contributed by atoms with Gasteiger partial charge in [0.2, 0.25) is 0 Å². The Kier molecular flexibility index (Phi) is 3.16. The van der Waals surface area contributed by atoms with E-state index in [1.165, 1.54) is 24.0 Å². The number of primary amides is 1. The van der Waals surface area contributed by atoms with Crippen molar-refractivity contribution in [3.8, 4) is 5.69 Å². The SMILES string of the molecule is CC(=O)c1ccc(-n2cc(C(N)=O)cn2)cc1Cl. The van der Waals surface area contributed by atoms with Crippen molar-refractivity contribution >= 4 is 23.3 Å². The van der Waals surface area contributed by atoms with E-state index in [9.17, 15) is 9.59 Å². The Bertz CT molecular complexity index is 634. The molecule has 0 unspecified atom stereocenters. The van der Waals surface area contributed by atoms with Crippen LogP contribution in [0.5, 0.6) is 0 Å². The van der Waals surface area contributed by atoms with Crippen molar-refractivity contribution in [1.82, 2.24) is 9.78 Å². The highest BCUT2D eigenvalue weighted by atomic mass is 35.5. The van der Waals surface area contributed by atoms with Crippen LogP contribution in [0.2, 0.25) is 5.02 Å². The Hall–Kier alpha value is -2.14. The van der Waals surface area contributed by atoms with Crippen molar-refractivity contribution in [3.63, 3.8) is 0 Å². The summed E-state index contributed by atoms with van der Waals surface area (Å²) in [5.41, 5.74) is 6.54. The van der Waals surface area contributed by atoms with Gasteiger partial charge < -0.3 is 5.73 Å². The lowest BCUT2D eigenvalue weighted by Gasteiger charge is -2.04. The minimum Gasteiger partial charge on any atom is -0.366 e. The van der Waals surface area contributed by atoms with Gasteiger partial charge in [-0.3, -0.25) is 9.59 Å². The summed E-state index contributed by atoms with van der Waals surface area (Å²) in [5, 5.41) is 4.34. The highest BCUT2D eigenvalue weighted by molar-refractivity contribution is 6.34. The maximum atomic E-state index is 11.2. The molecule has 0 fully saturated rings. The standard InChI is InChI=1S/C12H10ClN3O2/c1-7(17)10-3-2-9(4-11(10)13)16-6-8(5-15-16)12(14)18/h2-6H,1H3,(H2,14,18). The summed E-state index contributed by atoms with van der Waals surface area (Å²) < 4.78 is 1.47. The van der Waals surface area contributed by atoms with E-state index in [2.05, 4.69) is 5.10 Å². The van der Waals surface area contributed by atoms with Crippen molar-refractivity contribution < 1.29 is 9.59 Å². The molecule has 92 valence electrons. The molecule has 2 rings (SSSR count). The van der Waals surface area contributed by atoms with Crippen LogP contribution < -0.4 is 5.73 Å². The molecule has 2 aromatic rings. The molecule has 0 saturated carbocycles. The van der Waals surface area contributed by atoms with Gasteiger partial charge in [-0.15, -0.1) is 0 Å². The number of aromatic nitrogens is 2.